The predicted octanol–water partition coefficient (Wildman–Crippen LogP) is 5.92. The summed E-state index contributed by atoms with van der Waals surface area (Å²) in [6, 6.07) is 29.2. The van der Waals surface area contributed by atoms with Gasteiger partial charge in [-0.15, -0.1) is 0 Å². The lowest BCUT2D eigenvalue weighted by atomic mass is 10.0. The number of carbonyl (C=O) groups is 1. The molecular weight excluding hydrogens is 529 g/mol. The van der Waals surface area contributed by atoms with Crippen LogP contribution in [0.2, 0.25) is 0 Å². The normalized spacial score (nSPS) is 11.0. The van der Waals surface area contributed by atoms with Crippen LogP contribution in [0.3, 0.4) is 0 Å². The maximum absolute atomic E-state index is 14.1. The molecule has 0 aliphatic carbocycles. The van der Waals surface area contributed by atoms with Crippen LogP contribution in [0.1, 0.15) is 16.8 Å². The highest BCUT2D eigenvalue weighted by molar-refractivity contribution is 7.92. The number of nitrogens with two attached hydrogens (primary N) is 1. The first kappa shape index (κ1) is 28.4. The van der Waals surface area contributed by atoms with Gasteiger partial charge in [0.25, 0.3) is 10.0 Å². The van der Waals surface area contributed by atoms with Gasteiger partial charge in [-0.3, -0.25) is 9.52 Å². The second-order valence-corrected chi connectivity index (χ2v) is 10.7. The summed E-state index contributed by atoms with van der Waals surface area (Å²) >= 11 is 0. The number of halogens is 1. The lowest BCUT2D eigenvalue weighted by Crippen LogP contribution is -2.15. The maximum Gasteiger partial charge on any atom is 0.325 e. The Morgan fingerprint density at radius 1 is 0.925 bits per heavy atom. The van der Waals surface area contributed by atoms with E-state index in [1.807, 2.05) is 37.3 Å². The highest BCUT2D eigenvalue weighted by atomic mass is 32.2. The van der Waals surface area contributed by atoms with Crippen molar-refractivity contribution in [3.8, 4) is 0 Å². The number of nitrogens with zero attached hydrogens (tertiary/aromatic N) is 1. The fourth-order valence-electron chi connectivity index (χ4n) is 4.42. The molecule has 0 bridgehead atoms. The topological polar surface area (TPSA) is 103 Å². The standard InChI is InChI=1S/C25H23FN2O4S.C6H7N/c1-17-21(22-15-19(26)12-13-23(22)28(17)16-25(29)32-2)14-18-8-6-7-11-24(18)33(30,31)27-20-9-4-3-5-10-20;7-6-4-2-1-3-5-6/h3-13,15,27H,14,16H2,1-2H3;1-5H,7H2. The van der Waals surface area contributed by atoms with Gasteiger partial charge in [-0.2, -0.15) is 0 Å². The molecule has 5 aromatic rings. The molecule has 0 saturated carbocycles. The van der Waals surface area contributed by atoms with Gasteiger partial charge in [0.15, 0.2) is 0 Å². The van der Waals surface area contributed by atoms with Gasteiger partial charge in [0, 0.05) is 34.4 Å². The first-order valence-corrected chi connectivity index (χ1v) is 14.0. The largest absolute Gasteiger partial charge is 0.468 e. The maximum atomic E-state index is 14.1. The molecule has 40 heavy (non-hydrogen) atoms. The van der Waals surface area contributed by atoms with Crippen molar-refractivity contribution < 1.29 is 22.3 Å². The number of nitrogen functional groups attached to an aromatic ring is 1. The molecule has 0 radical (unpaired) electrons. The Hall–Kier alpha value is -4.63. The van der Waals surface area contributed by atoms with E-state index >= 15 is 0 Å². The van der Waals surface area contributed by atoms with Crippen LogP contribution in [-0.2, 0) is 32.5 Å². The minimum atomic E-state index is -3.86. The van der Waals surface area contributed by atoms with E-state index in [1.165, 1.54) is 19.2 Å². The number of benzene rings is 4. The fraction of sp³-hybridized carbons (Fsp3) is 0.129. The van der Waals surface area contributed by atoms with E-state index in [0.717, 1.165) is 16.9 Å². The molecule has 3 N–H and O–H groups in total. The number of fused-ring (bicyclic) bond motifs is 1. The zero-order chi connectivity index (χ0) is 28.7. The first-order valence-electron chi connectivity index (χ1n) is 12.5. The van der Waals surface area contributed by atoms with Crippen molar-refractivity contribution >= 4 is 38.3 Å². The molecule has 1 heterocycles. The second-order valence-electron chi connectivity index (χ2n) is 9.05. The number of hydrogen-bond donors (Lipinski definition) is 2. The van der Waals surface area contributed by atoms with Crippen LogP contribution in [0.5, 0.6) is 0 Å². The first-order chi connectivity index (χ1) is 19.2. The number of anilines is 2. The smallest absolute Gasteiger partial charge is 0.325 e. The third-order valence-corrected chi connectivity index (χ3v) is 7.87. The van der Waals surface area contributed by atoms with Crippen molar-refractivity contribution in [2.45, 2.75) is 24.8 Å². The highest BCUT2D eigenvalue weighted by Crippen LogP contribution is 2.31. The monoisotopic (exact) mass is 559 g/mol. The van der Waals surface area contributed by atoms with Crippen LogP contribution in [0.15, 0.2) is 108 Å². The van der Waals surface area contributed by atoms with Crippen molar-refractivity contribution in [2.24, 2.45) is 0 Å². The SMILES string of the molecule is COC(=O)Cn1c(C)c(Cc2ccccc2S(=O)(=O)Nc2ccccc2)c2cc(F)ccc21.Nc1ccccc1. The summed E-state index contributed by atoms with van der Waals surface area (Å²) < 4.78 is 49.6. The van der Waals surface area contributed by atoms with Gasteiger partial charge in [0.1, 0.15) is 12.4 Å². The molecule has 0 fully saturated rings. The van der Waals surface area contributed by atoms with Crippen LogP contribution in [0, 0.1) is 12.7 Å². The number of sulfonamides is 1. The molecule has 0 aliphatic heterocycles. The zero-order valence-electron chi connectivity index (χ0n) is 22.2. The molecule has 0 saturated heterocycles. The van der Waals surface area contributed by atoms with Crippen LogP contribution in [-0.4, -0.2) is 26.1 Å². The minimum absolute atomic E-state index is 0.0278. The molecule has 0 amide bonds. The van der Waals surface area contributed by atoms with Gasteiger partial charge in [-0.25, -0.2) is 12.8 Å². The summed E-state index contributed by atoms with van der Waals surface area (Å²) in [5, 5.41) is 0.625. The average Bonchev–Trinajstić information content (AvgIpc) is 3.19. The van der Waals surface area contributed by atoms with Gasteiger partial charge in [-0.05, 0) is 66.6 Å². The lowest BCUT2D eigenvalue weighted by Gasteiger charge is -2.13. The van der Waals surface area contributed by atoms with Crippen LogP contribution in [0.25, 0.3) is 10.9 Å². The van der Waals surface area contributed by atoms with Crippen molar-refractivity contribution in [1.82, 2.24) is 4.57 Å². The van der Waals surface area contributed by atoms with Crippen LogP contribution >= 0.6 is 0 Å². The molecule has 9 heteroatoms. The number of carbonyl (C=O) groups excluding carboxylic acids is 1. The summed E-state index contributed by atoms with van der Waals surface area (Å²) in [7, 11) is -2.55. The van der Waals surface area contributed by atoms with Gasteiger partial charge >= 0.3 is 5.97 Å². The molecule has 5 rings (SSSR count). The molecular formula is C31H30FN3O4S. The Bertz CT molecular complexity index is 1720. The molecule has 1 aromatic heterocycles. The number of hydrogen-bond acceptors (Lipinski definition) is 5. The number of aromatic nitrogens is 1. The third-order valence-electron chi connectivity index (χ3n) is 6.39. The number of ether oxygens (including phenoxy) is 1. The molecule has 4 aromatic carbocycles. The minimum Gasteiger partial charge on any atom is -0.468 e. The fourth-order valence-corrected chi connectivity index (χ4v) is 5.72. The van der Waals surface area contributed by atoms with Crippen molar-refractivity contribution in [2.75, 3.05) is 17.6 Å². The summed E-state index contributed by atoms with van der Waals surface area (Å²) in [5.41, 5.74) is 9.36. The second kappa shape index (κ2) is 12.5. The van der Waals surface area contributed by atoms with Crippen LogP contribution in [0.4, 0.5) is 15.8 Å². The summed E-state index contributed by atoms with van der Waals surface area (Å²) in [6.07, 6.45) is 0.242. The number of esters is 1. The van der Waals surface area contributed by atoms with Crippen molar-refractivity contribution in [3.05, 3.63) is 126 Å². The summed E-state index contributed by atoms with van der Waals surface area (Å²) in [4.78, 5) is 12.1. The van der Waals surface area contributed by atoms with E-state index in [9.17, 15) is 17.6 Å². The number of para-hydroxylation sites is 2. The van der Waals surface area contributed by atoms with E-state index in [0.29, 0.717) is 22.2 Å². The van der Waals surface area contributed by atoms with Gasteiger partial charge < -0.3 is 15.0 Å². The molecule has 0 spiro atoms. The van der Waals surface area contributed by atoms with Crippen LogP contribution < -0.4 is 10.5 Å². The van der Waals surface area contributed by atoms with Gasteiger partial charge in [0.05, 0.1) is 12.0 Å². The van der Waals surface area contributed by atoms with E-state index < -0.39 is 21.8 Å². The molecule has 206 valence electrons. The Balaban J connectivity index is 0.000000461. The molecule has 0 atom stereocenters. The third kappa shape index (κ3) is 6.68. The van der Waals surface area contributed by atoms with E-state index in [1.54, 1.807) is 65.2 Å². The van der Waals surface area contributed by atoms with Crippen molar-refractivity contribution in [3.63, 3.8) is 0 Å². The molecule has 7 nitrogen and oxygen atoms in total. The molecule has 0 aliphatic rings. The highest BCUT2D eigenvalue weighted by Gasteiger charge is 2.22. The van der Waals surface area contributed by atoms with E-state index in [4.69, 9.17) is 10.5 Å². The van der Waals surface area contributed by atoms with E-state index in [-0.39, 0.29) is 17.9 Å². The van der Waals surface area contributed by atoms with E-state index in [2.05, 4.69) is 4.72 Å². The predicted molar refractivity (Wildman–Crippen MR) is 156 cm³/mol. The Morgan fingerprint density at radius 2 is 1.55 bits per heavy atom. The number of nitrogens with one attached hydrogen (secondary N) is 1. The Kier molecular flexibility index (Phi) is 8.86. The summed E-state index contributed by atoms with van der Waals surface area (Å²) in [5.74, 6) is -0.841. The molecule has 0 unspecified atom stereocenters. The Labute approximate surface area is 233 Å². The lowest BCUT2D eigenvalue weighted by molar-refractivity contribution is -0.141. The average molecular weight is 560 g/mol. The van der Waals surface area contributed by atoms with Gasteiger partial charge in [-0.1, -0.05) is 54.6 Å². The summed E-state index contributed by atoms with van der Waals surface area (Å²) in [6.45, 7) is 1.80. The quantitative estimate of drug-likeness (QED) is 0.190. The number of rotatable bonds is 7. The zero-order valence-corrected chi connectivity index (χ0v) is 23.0. The van der Waals surface area contributed by atoms with Crippen molar-refractivity contribution in [1.29, 1.82) is 0 Å². The van der Waals surface area contributed by atoms with Gasteiger partial charge in [0.2, 0.25) is 0 Å². The Morgan fingerprint density at radius 3 is 2.17 bits per heavy atom. The number of methoxy groups -OCH3 is 1.